The van der Waals surface area contributed by atoms with Crippen LogP contribution in [0.3, 0.4) is 0 Å². The molecule has 1 amide bonds. The van der Waals surface area contributed by atoms with E-state index in [0.29, 0.717) is 22.1 Å². The third-order valence-corrected chi connectivity index (χ3v) is 5.52. The van der Waals surface area contributed by atoms with Gasteiger partial charge in [0.1, 0.15) is 5.69 Å². The number of benzene rings is 2. The highest BCUT2D eigenvalue weighted by Gasteiger charge is 2.33. The van der Waals surface area contributed by atoms with Crippen LogP contribution in [0.25, 0.3) is 0 Å². The Labute approximate surface area is 185 Å². The second kappa shape index (κ2) is 8.74. The van der Waals surface area contributed by atoms with Gasteiger partial charge in [-0.15, -0.1) is 0 Å². The molecule has 0 fully saturated rings. The van der Waals surface area contributed by atoms with E-state index in [1.165, 1.54) is 17.1 Å². The van der Waals surface area contributed by atoms with Gasteiger partial charge in [-0.2, -0.15) is 10.1 Å². The molecule has 2 aromatic carbocycles. The van der Waals surface area contributed by atoms with Crippen molar-refractivity contribution in [3.8, 4) is 0 Å². The van der Waals surface area contributed by atoms with E-state index in [1.807, 2.05) is 19.1 Å². The van der Waals surface area contributed by atoms with Crippen molar-refractivity contribution in [2.45, 2.75) is 27.7 Å². The van der Waals surface area contributed by atoms with Gasteiger partial charge in [-0.1, -0.05) is 34.8 Å². The Bertz CT molecular complexity index is 1010. The minimum atomic E-state index is -0.388. The summed E-state index contributed by atoms with van der Waals surface area (Å²) in [6, 6.07) is 9.04. The molecule has 29 heavy (non-hydrogen) atoms. The largest absolute Gasteiger partial charge is 0.372 e. The lowest BCUT2D eigenvalue weighted by Crippen LogP contribution is -2.27. The third kappa shape index (κ3) is 4.27. The lowest BCUT2D eigenvalue weighted by Gasteiger charge is -2.21. The van der Waals surface area contributed by atoms with Crippen LogP contribution in [-0.2, 0) is 4.79 Å². The molecule has 0 unspecified atom stereocenters. The van der Waals surface area contributed by atoms with Crippen molar-refractivity contribution < 1.29 is 4.79 Å². The summed E-state index contributed by atoms with van der Waals surface area (Å²) < 4.78 is 0. The van der Waals surface area contributed by atoms with Gasteiger partial charge in [0.2, 0.25) is 0 Å². The number of hydrogen-bond acceptors (Lipinski definition) is 4. The molecule has 0 saturated heterocycles. The Morgan fingerprint density at radius 1 is 1.03 bits per heavy atom. The van der Waals surface area contributed by atoms with Gasteiger partial charge in [0.25, 0.3) is 5.91 Å². The van der Waals surface area contributed by atoms with E-state index in [-0.39, 0.29) is 21.7 Å². The number of anilines is 2. The maximum atomic E-state index is 13.0. The van der Waals surface area contributed by atoms with Crippen LogP contribution >= 0.6 is 34.8 Å². The number of rotatable bonds is 5. The SMILES string of the molecule is CCN(CC)c1ccc(N=C2C(=O)N(c3c(Cl)cc(Cl)cc3Cl)N=C2C)c(C)c1. The van der Waals surface area contributed by atoms with Crippen molar-refractivity contribution in [3.05, 3.63) is 51.0 Å². The fourth-order valence-electron chi connectivity index (χ4n) is 3.19. The van der Waals surface area contributed by atoms with Crippen molar-refractivity contribution in [1.82, 2.24) is 0 Å². The minimum Gasteiger partial charge on any atom is -0.372 e. The van der Waals surface area contributed by atoms with Crippen molar-refractivity contribution in [2.24, 2.45) is 10.1 Å². The van der Waals surface area contributed by atoms with E-state index in [2.05, 4.69) is 34.9 Å². The third-order valence-electron chi connectivity index (χ3n) is 4.72. The summed E-state index contributed by atoms with van der Waals surface area (Å²) in [5.74, 6) is -0.388. The number of hydrazone groups is 1. The van der Waals surface area contributed by atoms with Gasteiger partial charge in [0.15, 0.2) is 5.71 Å². The lowest BCUT2D eigenvalue weighted by atomic mass is 10.1. The number of halogens is 3. The van der Waals surface area contributed by atoms with Crippen LogP contribution in [0.5, 0.6) is 0 Å². The predicted octanol–water partition coefficient (Wildman–Crippen LogP) is 6.30. The molecule has 0 saturated carbocycles. The molecular formula is C21H21Cl3N4O. The van der Waals surface area contributed by atoms with Crippen molar-refractivity contribution in [2.75, 3.05) is 23.0 Å². The number of hydrogen-bond donors (Lipinski definition) is 0. The Balaban J connectivity index is 1.97. The normalized spacial score (nSPS) is 15.3. The average Bonchev–Trinajstić information content (AvgIpc) is 2.92. The number of aliphatic imine (C=N–C) groups is 1. The first-order valence-electron chi connectivity index (χ1n) is 9.25. The van der Waals surface area contributed by atoms with E-state index < -0.39 is 0 Å². The molecule has 1 aliphatic heterocycles. The van der Waals surface area contributed by atoms with Crippen molar-refractivity contribution >= 4 is 69.2 Å². The first-order chi connectivity index (χ1) is 13.8. The maximum absolute atomic E-state index is 13.0. The van der Waals surface area contributed by atoms with Crippen LogP contribution in [0.4, 0.5) is 17.1 Å². The monoisotopic (exact) mass is 450 g/mol. The highest BCUT2D eigenvalue weighted by Crippen LogP contribution is 2.38. The summed E-state index contributed by atoms with van der Waals surface area (Å²) in [6.07, 6.45) is 0. The van der Waals surface area contributed by atoms with E-state index in [0.717, 1.165) is 24.3 Å². The number of amides is 1. The lowest BCUT2D eigenvalue weighted by molar-refractivity contribution is -0.112. The van der Waals surface area contributed by atoms with E-state index >= 15 is 0 Å². The predicted molar refractivity (Wildman–Crippen MR) is 124 cm³/mol. The standard InChI is InChI=1S/C21H21Cl3N4O/c1-5-27(6-2)15-7-8-18(12(3)9-15)25-19-13(4)26-28(21(19)29)20-16(23)10-14(22)11-17(20)24/h7-11H,5-6H2,1-4H3. The summed E-state index contributed by atoms with van der Waals surface area (Å²) in [4.78, 5) is 19.9. The van der Waals surface area contributed by atoms with E-state index in [4.69, 9.17) is 34.8 Å². The smallest absolute Gasteiger partial charge is 0.299 e. The van der Waals surface area contributed by atoms with Crippen LogP contribution in [0.15, 0.2) is 40.4 Å². The second-order valence-electron chi connectivity index (χ2n) is 6.62. The Hall–Kier alpha value is -2.08. The summed E-state index contributed by atoms with van der Waals surface area (Å²) in [7, 11) is 0. The quantitative estimate of drug-likeness (QED) is 0.536. The zero-order chi connectivity index (χ0) is 21.3. The molecule has 0 N–H and O–H groups in total. The Morgan fingerprint density at radius 2 is 1.66 bits per heavy atom. The molecule has 0 aromatic heterocycles. The Morgan fingerprint density at radius 3 is 2.21 bits per heavy atom. The summed E-state index contributed by atoms with van der Waals surface area (Å²) in [5, 5.41) is 6.37. The van der Waals surface area contributed by atoms with E-state index in [1.54, 1.807) is 6.92 Å². The van der Waals surface area contributed by atoms with Gasteiger partial charge in [0.05, 0.1) is 21.4 Å². The molecule has 0 atom stereocenters. The molecule has 5 nitrogen and oxygen atoms in total. The molecule has 1 aliphatic rings. The van der Waals surface area contributed by atoms with Gasteiger partial charge in [-0.05, 0) is 63.6 Å². The first-order valence-corrected chi connectivity index (χ1v) is 10.4. The average molecular weight is 452 g/mol. The van der Waals surface area contributed by atoms with Gasteiger partial charge in [0, 0.05) is 23.8 Å². The number of nitrogens with zero attached hydrogens (tertiary/aromatic N) is 4. The van der Waals surface area contributed by atoms with Gasteiger partial charge in [-0.3, -0.25) is 4.79 Å². The van der Waals surface area contributed by atoms with Crippen LogP contribution in [0.2, 0.25) is 15.1 Å². The summed E-state index contributed by atoms with van der Waals surface area (Å²) in [6.45, 7) is 9.78. The molecule has 0 bridgehead atoms. The minimum absolute atomic E-state index is 0.244. The van der Waals surface area contributed by atoms with Crippen LogP contribution < -0.4 is 9.91 Å². The molecule has 0 aliphatic carbocycles. The number of carbonyl (C=O) groups is 1. The molecule has 0 radical (unpaired) electrons. The summed E-state index contributed by atoms with van der Waals surface area (Å²) in [5.41, 5.74) is 3.86. The second-order valence-corrected chi connectivity index (χ2v) is 7.87. The van der Waals surface area contributed by atoms with Crippen molar-refractivity contribution in [3.63, 3.8) is 0 Å². The van der Waals surface area contributed by atoms with Crippen molar-refractivity contribution in [1.29, 1.82) is 0 Å². The van der Waals surface area contributed by atoms with Crippen LogP contribution in [0, 0.1) is 6.92 Å². The van der Waals surface area contributed by atoms with Gasteiger partial charge in [-0.25, -0.2) is 4.99 Å². The molecule has 2 aromatic rings. The fourth-order valence-corrected chi connectivity index (χ4v) is 4.16. The topological polar surface area (TPSA) is 48.3 Å². The molecule has 1 heterocycles. The van der Waals surface area contributed by atoms with Crippen LogP contribution in [-0.4, -0.2) is 30.4 Å². The van der Waals surface area contributed by atoms with Crippen LogP contribution in [0.1, 0.15) is 26.3 Å². The first kappa shape index (κ1) is 21.6. The maximum Gasteiger partial charge on any atom is 0.299 e. The number of carbonyl (C=O) groups excluding carboxylic acids is 1. The molecule has 152 valence electrons. The highest BCUT2D eigenvalue weighted by atomic mass is 35.5. The van der Waals surface area contributed by atoms with Gasteiger partial charge >= 0.3 is 0 Å². The molecule has 3 rings (SSSR count). The zero-order valence-corrected chi connectivity index (χ0v) is 18.9. The Kier molecular flexibility index (Phi) is 6.52. The van der Waals surface area contributed by atoms with E-state index in [9.17, 15) is 4.79 Å². The fraction of sp³-hybridized carbons (Fsp3) is 0.286. The molecule has 8 heteroatoms. The molecular weight excluding hydrogens is 431 g/mol. The summed E-state index contributed by atoms with van der Waals surface area (Å²) >= 11 is 18.5. The highest BCUT2D eigenvalue weighted by molar-refractivity contribution is 6.71. The number of aryl methyl sites for hydroxylation is 1. The molecule has 0 spiro atoms. The van der Waals surface area contributed by atoms with Gasteiger partial charge < -0.3 is 4.90 Å². The zero-order valence-electron chi connectivity index (χ0n) is 16.6.